The van der Waals surface area contributed by atoms with E-state index in [0.29, 0.717) is 23.0 Å². The van der Waals surface area contributed by atoms with Gasteiger partial charge in [-0.15, -0.1) is 0 Å². The van der Waals surface area contributed by atoms with Crippen LogP contribution >= 0.6 is 15.9 Å². The molecule has 1 unspecified atom stereocenters. The number of hydrogen-bond donors (Lipinski definition) is 0. The average molecular weight is 372 g/mol. The van der Waals surface area contributed by atoms with E-state index in [0.717, 1.165) is 5.56 Å². The van der Waals surface area contributed by atoms with Gasteiger partial charge in [-0.2, -0.15) is 4.98 Å². The van der Waals surface area contributed by atoms with E-state index in [1.807, 2.05) is 13.0 Å². The molecule has 0 aliphatic carbocycles. The van der Waals surface area contributed by atoms with Crippen molar-refractivity contribution in [1.29, 1.82) is 0 Å². The molecule has 0 N–H and O–H groups in total. The minimum atomic E-state index is -0.306. The van der Waals surface area contributed by atoms with Crippen LogP contribution in [0.5, 0.6) is 0 Å². The Morgan fingerprint density at radius 1 is 1.17 bits per heavy atom. The molecule has 0 saturated heterocycles. The van der Waals surface area contributed by atoms with E-state index >= 15 is 0 Å². The van der Waals surface area contributed by atoms with Crippen LogP contribution in [0, 0.1) is 17.7 Å². The molecular weight excluding hydrogens is 361 g/mol. The predicted octanol–water partition coefficient (Wildman–Crippen LogP) is 4.13. The number of nitrogens with zero attached hydrogens (tertiary/aromatic N) is 3. The van der Waals surface area contributed by atoms with Gasteiger partial charge >= 0.3 is 0 Å². The summed E-state index contributed by atoms with van der Waals surface area (Å²) in [5.41, 5.74) is 1.93. The highest BCUT2D eigenvalue weighted by Crippen LogP contribution is 2.22. The molecule has 2 heterocycles. The zero-order valence-electron chi connectivity index (χ0n) is 12.1. The maximum atomic E-state index is 13.1. The van der Waals surface area contributed by atoms with Gasteiger partial charge in [0, 0.05) is 17.3 Å². The third-order valence-electron chi connectivity index (χ3n) is 2.95. The number of halogens is 2. The zero-order valence-corrected chi connectivity index (χ0v) is 13.7. The standard InChI is InChI=1S/C17H11BrFN3O/c1-11(18)17-21-16(22-23-17)15-8-7-13(10-20-15)6-5-12-3-2-4-14(19)9-12/h2-4,7-11H,1H3. The molecule has 0 amide bonds. The second-order valence-electron chi connectivity index (χ2n) is 4.76. The number of benzene rings is 1. The number of hydrogen-bond acceptors (Lipinski definition) is 4. The highest BCUT2D eigenvalue weighted by Gasteiger charge is 2.13. The van der Waals surface area contributed by atoms with Gasteiger partial charge in [-0.3, -0.25) is 4.98 Å². The van der Waals surface area contributed by atoms with Gasteiger partial charge < -0.3 is 4.52 Å². The summed E-state index contributed by atoms with van der Waals surface area (Å²) in [5, 5.41) is 3.88. The Labute approximate surface area is 140 Å². The molecule has 0 fully saturated rings. The van der Waals surface area contributed by atoms with Crippen LogP contribution in [-0.2, 0) is 0 Å². The minimum absolute atomic E-state index is 0.0137. The summed E-state index contributed by atoms with van der Waals surface area (Å²) in [5.74, 6) is 6.45. The molecule has 4 nitrogen and oxygen atoms in total. The van der Waals surface area contributed by atoms with E-state index in [2.05, 4.69) is 42.9 Å². The first-order valence-corrected chi connectivity index (χ1v) is 7.75. The first-order valence-electron chi connectivity index (χ1n) is 6.83. The summed E-state index contributed by atoms with van der Waals surface area (Å²) >= 11 is 3.37. The first-order chi connectivity index (χ1) is 11.1. The Balaban J connectivity index is 1.79. The number of rotatable bonds is 2. The van der Waals surface area contributed by atoms with Gasteiger partial charge in [-0.1, -0.05) is 39.0 Å². The van der Waals surface area contributed by atoms with Gasteiger partial charge in [0.1, 0.15) is 11.5 Å². The molecule has 2 aromatic heterocycles. The largest absolute Gasteiger partial charge is 0.338 e. The number of pyridine rings is 1. The minimum Gasteiger partial charge on any atom is -0.338 e. The van der Waals surface area contributed by atoms with Crippen molar-refractivity contribution in [1.82, 2.24) is 15.1 Å². The van der Waals surface area contributed by atoms with Crippen LogP contribution in [0.15, 0.2) is 47.1 Å². The summed E-state index contributed by atoms with van der Waals surface area (Å²) in [6, 6.07) is 9.72. The molecule has 3 aromatic rings. The van der Waals surface area contributed by atoms with Crippen LogP contribution in [-0.4, -0.2) is 15.1 Å². The Hall–Kier alpha value is -2.52. The van der Waals surface area contributed by atoms with E-state index in [1.54, 1.807) is 24.4 Å². The molecule has 23 heavy (non-hydrogen) atoms. The van der Waals surface area contributed by atoms with Crippen LogP contribution < -0.4 is 0 Å². The molecule has 3 rings (SSSR count). The lowest BCUT2D eigenvalue weighted by molar-refractivity contribution is 0.382. The molecule has 1 atom stereocenters. The fourth-order valence-electron chi connectivity index (χ4n) is 1.81. The van der Waals surface area contributed by atoms with Gasteiger partial charge in [0.05, 0.1) is 4.83 Å². The predicted molar refractivity (Wildman–Crippen MR) is 87.3 cm³/mol. The Bertz CT molecular complexity index is 879. The van der Waals surface area contributed by atoms with Gasteiger partial charge in [-0.05, 0) is 37.3 Å². The van der Waals surface area contributed by atoms with E-state index in [-0.39, 0.29) is 10.6 Å². The summed E-state index contributed by atoms with van der Waals surface area (Å²) in [6.45, 7) is 1.90. The summed E-state index contributed by atoms with van der Waals surface area (Å²) in [7, 11) is 0. The second kappa shape index (κ2) is 6.71. The highest BCUT2D eigenvalue weighted by molar-refractivity contribution is 9.09. The van der Waals surface area contributed by atoms with Gasteiger partial charge in [0.15, 0.2) is 0 Å². The third-order valence-corrected chi connectivity index (χ3v) is 3.34. The maximum Gasteiger partial charge on any atom is 0.240 e. The van der Waals surface area contributed by atoms with E-state index in [4.69, 9.17) is 4.52 Å². The molecule has 0 aliphatic heterocycles. The molecular formula is C17H11BrFN3O. The number of aromatic nitrogens is 3. The molecule has 0 spiro atoms. The van der Waals surface area contributed by atoms with Crippen LogP contribution in [0.1, 0.15) is 28.8 Å². The Morgan fingerprint density at radius 3 is 2.65 bits per heavy atom. The van der Waals surface area contributed by atoms with Gasteiger partial charge in [-0.25, -0.2) is 4.39 Å². The molecule has 0 radical (unpaired) electrons. The highest BCUT2D eigenvalue weighted by atomic mass is 79.9. The smallest absolute Gasteiger partial charge is 0.240 e. The Morgan fingerprint density at radius 2 is 2.00 bits per heavy atom. The van der Waals surface area contributed by atoms with E-state index < -0.39 is 0 Å². The summed E-state index contributed by atoms with van der Waals surface area (Å²) in [4.78, 5) is 8.51. The molecule has 0 saturated carbocycles. The Kier molecular flexibility index (Phi) is 4.49. The van der Waals surface area contributed by atoms with Crippen molar-refractivity contribution in [3.05, 3.63) is 65.4 Å². The van der Waals surface area contributed by atoms with Crippen molar-refractivity contribution in [2.45, 2.75) is 11.8 Å². The van der Waals surface area contributed by atoms with Crippen molar-refractivity contribution < 1.29 is 8.91 Å². The van der Waals surface area contributed by atoms with Crippen LogP contribution in [0.3, 0.4) is 0 Å². The monoisotopic (exact) mass is 371 g/mol. The SMILES string of the molecule is CC(Br)c1nc(-c2ccc(C#Cc3cccc(F)c3)cn2)no1. The lowest BCUT2D eigenvalue weighted by atomic mass is 10.2. The normalized spacial score (nSPS) is 11.6. The van der Waals surface area contributed by atoms with E-state index in [1.165, 1.54) is 12.1 Å². The van der Waals surface area contributed by atoms with Gasteiger partial charge in [0.2, 0.25) is 11.7 Å². The maximum absolute atomic E-state index is 13.1. The fraction of sp³-hybridized carbons (Fsp3) is 0.118. The van der Waals surface area contributed by atoms with Crippen LogP contribution in [0.2, 0.25) is 0 Å². The molecule has 0 aliphatic rings. The van der Waals surface area contributed by atoms with Crippen LogP contribution in [0.4, 0.5) is 4.39 Å². The number of alkyl halides is 1. The van der Waals surface area contributed by atoms with Crippen molar-refractivity contribution in [3.63, 3.8) is 0 Å². The summed E-state index contributed by atoms with van der Waals surface area (Å²) < 4.78 is 18.2. The third kappa shape index (κ3) is 3.82. The molecule has 0 bridgehead atoms. The average Bonchev–Trinajstić information content (AvgIpc) is 3.04. The fourth-order valence-corrected chi connectivity index (χ4v) is 2.00. The van der Waals surface area contributed by atoms with Crippen molar-refractivity contribution >= 4 is 15.9 Å². The lowest BCUT2D eigenvalue weighted by Gasteiger charge is -1.94. The molecule has 1 aromatic carbocycles. The topological polar surface area (TPSA) is 51.8 Å². The van der Waals surface area contributed by atoms with Gasteiger partial charge in [0.25, 0.3) is 0 Å². The molecule has 114 valence electrons. The molecule has 6 heteroatoms. The first kappa shape index (κ1) is 15.4. The van der Waals surface area contributed by atoms with Crippen molar-refractivity contribution in [2.24, 2.45) is 0 Å². The van der Waals surface area contributed by atoms with Crippen molar-refractivity contribution in [2.75, 3.05) is 0 Å². The lowest BCUT2D eigenvalue weighted by Crippen LogP contribution is -1.88. The second-order valence-corrected chi connectivity index (χ2v) is 6.14. The quantitative estimate of drug-likeness (QED) is 0.502. The van der Waals surface area contributed by atoms with Crippen molar-refractivity contribution in [3.8, 4) is 23.4 Å². The zero-order chi connectivity index (χ0) is 16.2. The van der Waals surface area contributed by atoms with Crippen LogP contribution in [0.25, 0.3) is 11.5 Å². The van der Waals surface area contributed by atoms with E-state index in [9.17, 15) is 4.39 Å². The summed E-state index contributed by atoms with van der Waals surface area (Å²) in [6.07, 6.45) is 1.62.